The SMILES string of the molecule is O=C(Cc1ccccc1C(c1c[nH]c2ccccc12)c1c[nH]c2ccccc12)c1ccccc1. The standard InChI is InChI=1S/C31H24N2O/c34-30(21-10-2-1-3-11-21)18-22-12-4-5-13-23(22)31(26-19-32-28-16-8-6-14-24(26)28)27-20-33-29-17-9-7-15-25(27)29/h1-17,19-20,31-33H,18H2. The minimum atomic E-state index is -0.0212. The summed E-state index contributed by atoms with van der Waals surface area (Å²) in [4.78, 5) is 20.1. The molecule has 0 aliphatic rings. The van der Waals surface area contributed by atoms with Gasteiger partial charge < -0.3 is 9.97 Å². The fourth-order valence-electron chi connectivity index (χ4n) is 5.04. The fourth-order valence-corrected chi connectivity index (χ4v) is 5.04. The number of benzene rings is 4. The highest BCUT2D eigenvalue weighted by atomic mass is 16.1. The lowest BCUT2D eigenvalue weighted by molar-refractivity contribution is 0.0992. The molecule has 3 heteroatoms. The number of rotatable bonds is 6. The van der Waals surface area contributed by atoms with Crippen molar-refractivity contribution in [3.05, 3.63) is 143 Å². The second-order valence-corrected chi connectivity index (χ2v) is 8.68. The van der Waals surface area contributed by atoms with E-state index in [0.29, 0.717) is 6.42 Å². The first-order valence-electron chi connectivity index (χ1n) is 11.6. The normalized spacial score (nSPS) is 11.4. The number of ketones is 1. The molecule has 2 heterocycles. The minimum Gasteiger partial charge on any atom is -0.361 e. The first-order valence-corrected chi connectivity index (χ1v) is 11.6. The topological polar surface area (TPSA) is 48.6 Å². The maximum absolute atomic E-state index is 13.2. The van der Waals surface area contributed by atoms with E-state index in [9.17, 15) is 4.79 Å². The molecule has 0 saturated heterocycles. The molecule has 0 aliphatic carbocycles. The maximum Gasteiger partial charge on any atom is 0.167 e. The molecule has 6 rings (SSSR count). The Morgan fingerprint density at radius 3 is 1.76 bits per heavy atom. The van der Waals surface area contributed by atoms with Gasteiger partial charge in [-0.3, -0.25) is 4.79 Å². The van der Waals surface area contributed by atoms with Gasteiger partial charge >= 0.3 is 0 Å². The zero-order chi connectivity index (χ0) is 22.9. The lowest BCUT2D eigenvalue weighted by Crippen LogP contribution is -2.10. The molecule has 0 atom stereocenters. The molecule has 0 radical (unpaired) electrons. The van der Waals surface area contributed by atoms with Crippen molar-refractivity contribution in [1.29, 1.82) is 0 Å². The van der Waals surface area contributed by atoms with E-state index in [1.807, 2.05) is 36.4 Å². The van der Waals surface area contributed by atoms with Crippen LogP contribution in [0.25, 0.3) is 21.8 Å². The van der Waals surface area contributed by atoms with Crippen LogP contribution in [0.3, 0.4) is 0 Å². The Hall–Kier alpha value is -4.37. The smallest absolute Gasteiger partial charge is 0.167 e. The molecule has 0 fully saturated rings. The van der Waals surface area contributed by atoms with Gasteiger partial charge in [-0.25, -0.2) is 0 Å². The molecule has 0 amide bonds. The Morgan fingerprint density at radius 1 is 0.588 bits per heavy atom. The number of aromatic nitrogens is 2. The number of para-hydroxylation sites is 2. The van der Waals surface area contributed by atoms with E-state index in [2.05, 4.69) is 89.1 Å². The van der Waals surface area contributed by atoms with Gasteiger partial charge in [-0.15, -0.1) is 0 Å². The Bertz CT molecular complexity index is 1530. The first kappa shape index (κ1) is 20.3. The van der Waals surface area contributed by atoms with Crippen LogP contribution in [-0.4, -0.2) is 15.8 Å². The average molecular weight is 441 g/mol. The second kappa shape index (κ2) is 8.53. The van der Waals surface area contributed by atoms with E-state index in [1.54, 1.807) is 0 Å². The van der Waals surface area contributed by atoms with Crippen LogP contribution in [0, 0.1) is 0 Å². The number of aromatic amines is 2. The third-order valence-corrected chi connectivity index (χ3v) is 6.68. The summed E-state index contributed by atoms with van der Waals surface area (Å²) in [6, 6.07) is 34.7. The highest BCUT2D eigenvalue weighted by Crippen LogP contribution is 2.40. The van der Waals surface area contributed by atoms with E-state index in [0.717, 1.165) is 27.7 Å². The fraction of sp³-hybridized carbons (Fsp3) is 0.0645. The maximum atomic E-state index is 13.2. The lowest BCUT2D eigenvalue weighted by Gasteiger charge is -2.21. The predicted octanol–water partition coefficient (Wildman–Crippen LogP) is 7.25. The van der Waals surface area contributed by atoms with Crippen molar-refractivity contribution in [2.75, 3.05) is 0 Å². The van der Waals surface area contributed by atoms with Gasteiger partial charge in [0.15, 0.2) is 5.78 Å². The van der Waals surface area contributed by atoms with Crippen molar-refractivity contribution >= 4 is 27.6 Å². The number of carbonyl (C=O) groups is 1. The average Bonchev–Trinajstić information content (AvgIpc) is 3.51. The van der Waals surface area contributed by atoms with Crippen LogP contribution in [-0.2, 0) is 6.42 Å². The predicted molar refractivity (Wildman–Crippen MR) is 138 cm³/mol. The van der Waals surface area contributed by atoms with E-state index in [1.165, 1.54) is 21.9 Å². The zero-order valence-electron chi connectivity index (χ0n) is 18.7. The van der Waals surface area contributed by atoms with Crippen molar-refractivity contribution in [3.8, 4) is 0 Å². The molecule has 2 aromatic heterocycles. The molecule has 34 heavy (non-hydrogen) atoms. The van der Waals surface area contributed by atoms with Gasteiger partial charge in [0.1, 0.15) is 0 Å². The highest BCUT2D eigenvalue weighted by molar-refractivity contribution is 5.98. The van der Waals surface area contributed by atoms with E-state index >= 15 is 0 Å². The summed E-state index contributed by atoms with van der Waals surface area (Å²) in [5.74, 6) is 0.108. The Labute approximate surface area is 198 Å². The van der Waals surface area contributed by atoms with Crippen molar-refractivity contribution in [2.24, 2.45) is 0 Å². The zero-order valence-corrected chi connectivity index (χ0v) is 18.7. The van der Waals surface area contributed by atoms with Gasteiger partial charge in [-0.2, -0.15) is 0 Å². The highest BCUT2D eigenvalue weighted by Gasteiger charge is 2.25. The van der Waals surface area contributed by atoms with Crippen LogP contribution in [0.4, 0.5) is 0 Å². The molecule has 4 aromatic carbocycles. The molecule has 6 aromatic rings. The summed E-state index contributed by atoms with van der Waals surface area (Å²) < 4.78 is 0. The lowest BCUT2D eigenvalue weighted by atomic mass is 9.81. The van der Waals surface area contributed by atoms with Gasteiger partial charge in [-0.1, -0.05) is 91.0 Å². The minimum absolute atomic E-state index is 0.0212. The van der Waals surface area contributed by atoms with E-state index < -0.39 is 0 Å². The number of Topliss-reactive ketones (excluding diaryl/α,β-unsaturated/α-hetero) is 1. The second-order valence-electron chi connectivity index (χ2n) is 8.68. The van der Waals surface area contributed by atoms with Gasteiger partial charge in [0.05, 0.1) is 0 Å². The van der Waals surface area contributed by atoms with Gasteiger partial charge in [0.2, 0.25) is 0 Å². The number of H-pyrrole nitrogens is 2. The third kappa shape index (κ3) is 3.52. The van der Waals surface area contributed by atoms with Crippen LogP contribution >= 0.6 is 0 Å². The first-order chi connectivity index (χ1) is 16.8. The molecule has 0 aliphatic heterocycles. The summed E-state index contributed by atoms with van der Waals surface area (Å²) in [5, 5.41) is 2.39. The summed E-state index contributed by atoms with van der Waals surface area (Å²) in [6.45, 7) is 0. The van der Waals surface area contributed by atoms with Crippen LogP contribution in [0.15, 0.2) is 116 Å². The molecular formula is C31H24N2O. The van der Waals surface area contributed by atoms with Crippen molar-refractivity contribution in [2.45, 2.75) is 12.3 Å². The monoisotopic (exact) mass is 440 g/mol. The molecule has 164 valence electrons. The molecule has 0 unspecified atom stereocenters. The largest absolute Gasteiger partial charge is 0.361 e. The van der Waals surface area contributed by atoms with Gasteiger partial charge in [0.25, 0.3) is 0 Å². The van der Waals surface area contributed by atoms with Crippen LogP contribution < -0.4 is 0 Å². The molecule has 0 bridgehead atoms. The molecule has 0 saturated carbocycles. The Kier molecular flexibility index (Phi) is 5.08. The molecular weight excluding hydrogens is 416 g/mol. The van der Waals surface area contributed by atoms with Crippen LogP contribution in [0.5, 0.6) is 0 Å². The number of fused-ring (bicyclic) bond motifs is 2. The Morgan fingerprint density at radius 2 is 1.12 bits per heavy atom. The van der Waals surface area contributed by atoms with Gasteiger partial charge in [0, 0.05) is 52.1 Å². The summed E-state index contributed by atoms with van der Waals surface area (Å²) in [7, 11) is 0. The Balaban J connectivity index is 1.54. The summed E-state index contributed by atoms with van der Waals surface area (Å²) >= 11 is 0. The molecule has 2 N–H and O–H groups in total. The number of hydrogen-bond acceptors (Lipinski definition) is 1. The van der Waals surface area contributed by atoms with E-state index in [4.69, 9.17) is 0 Å². The third-order valence-electron chi connectivity index (χ3n) is 6.68. The van der Waals surface area contributed by atoms with Crippen molar-refractivity contribution in [1.82, 2.24) is 9.97 Å². The van der Waals surface area contributed by atoms with Crippen LogP contribution in [0.1, 0.15) is 38.5 Å². The van der Waals surface area contributed by atoms with Gasteiger partial charge in [-0.05, 0) is 34.4 Å². The number of carbonyl (C=O) groups excluding carboxylic acids is 1. The quantitative estimate of drug-likeness (QED) is 0.263. The van der Waals surface area contributed by atoms with Crippen LogP contribution in [0.2, 0.25) is 0 Å². The van der Waals surface area contributed by atoms with E-state index in [-0.39, 0.29) is 11.7 Å². The molecule has 0 spiro atoms. The number of hydrogen-bond donors (Lipinski definition) is 2. The van der Waals surface area contributed by atoms with Crippen molar-refractivity contribution < 1.29 is 4.79 Å². The summed E-state index contributed by atoms with van der Waals surface area (Å²) in [5.41, 5.74) is 7.59. The summed E-state index contributed by atoms with van der Waals surface area (Å²) in [6.07, 6.45) is 4.60. The molecule has 3 nitrogen and oxygen atoms in total. The number of nitrogens with one attached hydrogen (secondary N) is 2. The van der Waals surface area contributed by atoms with Crippen molar-refractivity contribution in [3.63, 3.8) is 0 Å².